The van der Waals surface area contributed by atoms with Gasteiger partial charge in [0, 0.05) is 0 Å². The third-order valence-electron chi connectivity index (χ3n) is 0.301. The van der Waals surface area contributed by atoms with E-state index in [4.69, 9.17) is 5.11 Å². The molecule has 0 atom stereocenters. The molecule has 0 rings (SSSR count). The van der Waals surface area contributed by atoms with E-state index in [2.05, 4.69) is 0 Å². The summed E-state index contributed by atoms with van der Waals surface area (Å²) in [7, 11) is 0. The molecule has 28 valence electrons. The van der Waals surface area contributed by atoms with E-state index in [-0.39, 0.29) is 0 Å². The van der Waals surface area contributed by atoms with E-state index in [0.29, 0.717) is 0 Å². The van der Waals surface area contributed by atoms with E-state index < -0.39 is 10.4 Å². The molecule has 0 fully saturated rings. The van der Waals surface area contributed by atoms with E-state index in [9.17, 15) is 9.59 Å². The average molecular weight is 80.0 g/mol. The van der Waals surface area contributed by atoms with Crippen LogP contribution < -0.4 is 0 Å². The van der Waals surface area contributed by atoms with Crippen molar-refractivity contribution >= 4 is 28.1 Å². The molecule has 0 heterocycles. The van der Waals surface area contributed by atoms with Crippen LogP contribution in [0.25, 0.3) is 0 Å². The minimum atomic E-state index is -1.38. The topological polar surface area (TPSA) is 54.4 Å². The molecule has 0 aromatic heterocycles. The molecule has 0 aromatic carbocycles. The fourth-order valence-corrected chi connectivity index (χ4v) is 0. The summed E-state index contributed by atoms with van der Waals surface area (Å²) in [4.78, 5) is 18.9. The van der Waals surface area contributed by atoms with Gasteiger partial charge in [0.2, 0.25) is 0 Å². The first-order valence-electron chi connectivity index (χ1n) is 1.38. The van der Waals surface area contributed by atoms with E-state index in [1.807, 2.05) is 0 Å². The molecule has 0 aromatic rings. The van der Waals surface area contributed by atoms with Gasteiger partial charge in [-0.05, 0) is 0 Å². The van der Waals surface area contributed by atoms with Gasteiger partial charge in [0.05, 0.1) is 0 Å². The monoisotopic (exact) mass is 80.0 g/mol. The number of carbonyl (C=O) groups excluding carboxylic acids is 1. The van der Waals surface area contributed by atoms with E-state index in [0.717, 1.165) is 17.7 Å². The quantitative estimate of drug-likeness (QED) is 0.317. The van der Waals surface area contributed by atoms with Crippen LogP contribution in [0.4, 0.5) is 0 Å². The van der Waals surface area contributed by atoms with Crippen molar-refractivity contribution < 1.29 is 14.7 Å². The molecule has 0 saturated heterocycles. The number of carbonyl (C=O) groups is 2. The Morgan fingerprint density at radius 3 is 1.67 bits per heavy atom. The number of aliphatic carboxylic acids is 1. The van der Waals surface area contributed by atoms with Crippen molar-refractivity contribution in [2.75, 3.05) is 0 Å². The Bertz CT molecular complexity index is 74.8. The van der Waals surface area contributed by atoms with Crippen molar-refractivity contribution in [3.05, 3.63) is 0 Å². The number of rotatable bonds is 1. The van der Waals surface area contributed by atoms with Gasteiger partial charge >= 0.3 is 42.8 Å². The zero-order chi connectivity index (χ0) is 5.15. The Morgan fingerprint density at radius 1 is 1.50 bits per heavy atom. The number of carboxylic acid groups (broad SMARTS) is 1. The van der Waals surface area contributed by atoms with Crippen LogP contribution in [0.3, 0.4) is 0 Å². The molecule has 0 spiro atoms. The normalized spacial score (nSPS) is 7.67. The molecule has 3 nitrogen and oxygen atoms in total. The zero-order valence-electron chi connectivity index (χ0n) is 3.26. The van der Waals surface area contributed by atoms with Gasteiger partial charge in [-0.1, -0.05) is 0 Å². The van der Waals surface area contributed by atoms with Crippen molar-refractivity contribution in [3.63, 3.8) is 0 Å². The standard InChI is InChI=1S/C2HO3.Li/c3-1-2(4)5;/h(H,4,5);. The molecular formula is C2HLiO3. The first-order chi connectivity index (χ1) is 2.64. The molecule has 6 heavy (non-hydrogen) atoms. The summed E-state index contributed by atoms with van der Waals surface area (Å²) >= 11 is 1.00. The number of hydrogen-bond donors (Lipinski definition) is 1. The molecule has 0 aliphatic rings. The molecular weight excluding hydrogens is 79.0 g/mol. The van der Waals surface area contributed by atoms with Gasteiger partial charge in [0.1, 0.15) is 0 Å². The van der Waals surface area contributed by atoms with Gasteiger partial charge in [-0.15, -0.1) is 0 Å². The van der Waals surface area contributed by atoms with Gasteiger partial charge in [0.15, 0.2) is 0 Å². The van der Waals surface area contributed by atoms with Gasteiger partial charge in [-0.3, -0.25) is 0 Å². The van der Waals surface area contributed by atoms with Crippen LogP contribution in [0, 0.1) is 0 Å². The molecule has 0 amide bonds. The second kappa shape index (κ2) is 2.01. The number of hydrogen-bond acceptors (Lipinski definition) is 2. The molecule has 0 bridgehead atoms. The van der Waals surface area contributed by atoms with Crippen LogP contribution in [0.2, 0.25) is 0 Å². The summed E-state index contributed by atoms with van der Waals surface area (Å²) in [6.45, 7) is 0. The summed E-state index contributed by atoms with van der Waals surface area (Å²) in [5.74, 6) is -1.38. The van der Waals surface area contributed by atoms with Crippen LogP contribution in [-0.4, -0.2) is 33.2 Å². The van der Waals surface area contributed by atoms with Crippen molar-refractivity contribution in [2.45, 2.75) is 0 Å². The molecule has 0 unspecified atom stereocenters. The van der Waals surface area contributed by atoms with Crippen LogP contribution in [0.5, 0.6) is 0 Å². The molecule has 0 radical (unpaired) electrons. The Hall–Kier alpha value is -0.263. The van der Waals surface area contributed by atoms with E-state index in [1.165, 1.54) is 0 Å². The molecule has 0 saturated carbocycles. The van der Waals surface area contributed by atoms with Crippen molar-refractivity contribution in [3.8, 4) is 0 Å². The predicted octanol–water partition coefficient (Wildman–Crippen LogP) is -1.23. The minimum absolute atomic E-state index is 0.824. The summed E-state index contributed by atoms with van der Waals surface area (Å²) < 4.78 is -0.824. The Balaban J connectivity index is 3.57. The van der Waals surface area contributed by atoms with Crippen LogP contribution >= 0.6 is 0 Å². The average Bonchev–Trinajstić information content (AvgIpc) is 1.36. The summed E-state index contributed by atoms with van der Waals surface area (Å²) in [5, 5.41) is 7.64. The second-order valence-corrected chi connectivity index (χ2v) is 0.861. The van der Waals surface area contributed by atoms with Gasteiger partial charge in [-0.25, -0.2) is 0 Å². The number of carboxylic acids is 1. The fourth-order valence-electron chi connectivity index (χ4n) is 0. The van der Waals surface area contributed by atoms with Gasteiger partial charge in [0.25, 0.3) is 0 Å². The summed E-state index contributed by atoms with van der Waals surface area (Å²) in [6.07, 6.45) is 0. The summed E-state index contributed by atoms with van der Waals surface area (Å²) in [6, 6.07) is 0. The van der Waals surface area contributed by atoms with Crippen molar-refractivity contribution in [1.82, 2.24) is 0 Å². The SMILES string of the molecule is [Li][C](=O)C(=O)O. The molecule has 0 aliphatic carbocycles. The van der Waals surface area contributed by atoms with Crippen molar-refractivity contribution in [2.24, 2.45) is 0 Å². The van der Waals surface area contributed by atoms with E-state index in [1.54, 1.807) is 0 Å². The zero-order valence-corrected chi connectivity index (χ0v) is 3.26. The first kappa shape index (κ1) is 5.74. The summed E-state index contributed by atoms with van der Waals surface area (Å²) in [5.41, 5.74) is 0. The Morgan fingerprint density at radius 2 is 1.67 bits per heavy atom. The van der Waals surface area contributed by atoms with Gasteiger partial charge in [-0.2, -0.15) is 0 Å². The van der Waals surface area contributed by atoms with Crippen LogP contribution in [-0.2, 0) is 9.59 Å². The predicted molar refractivity (Wildman–Crippen MR) is 18.4 cm³/mol. The second-order valence-electron chi connectivity index (χ2n) is 0.861. The molecule has 4 heteroatoms. The van der Waals surface area contributed by atoms with Crippen LogP contribution in [0.1, 0.15) is 0 Å². The molecule has 0 aliphatic heterocycles. The molecule has 1 N–H and O–H groups in total. The van der Waals surface area contributed by atoms with Gasteiger partial charge < -0.3 is 0 Å². The Labute approximate surface area is 43.5 Å². The van der Waals surface area contributed by atoms with E-state index >= 15 is 0 Å². The maximum atomic E-state index is 9.54. The maximum absolute atomic E-state index is 9.54. The van der Waals surface area contributed by atoms with Crippen molar-refractivity contribution in [1.29, 1.82) is 0 Å². The first-order valence-corrected chi connectivity index (χ1v) is 1.38. The Kier molecular flexibility index (Phi) is 1.92. The fraction of sp³-hybridized carbons (Fsp3) is 0. The van der Waals surface area contributed by atoms with Crippen LogP contribution in [0.15, 0.2) is 0 Å². The third-order valence-corrected chi connectivity index (χ3v) is 0.301. The third kappa shape index (κ3) is 2.00.